The van der Waals surface area contributed by atoms with Crippen LogP contribution in [0.2, 0.25) is 0 Å². The molecule has 6 nitrogen and oxygen atoms in total. The van der Waals surface area contributed by atoms with Gasteiger partial charge < -0.3 is 24.1 Å². The maximum absolute atomic E-state index is 11.4. The molecular weight excluding hydrogens is 264 g/mol. The maximum atomic E-state index is 11.4. The number of fused-ring (bicyclic) bond motifs is 1. The molecule has 0 N–H and O–H groups in total. The number of benzene rings is 1. The van der Waals surface area contributed by atoms with Crippen molar-refractivity contribution in [2.24, 2.45) is 0 Å². The predicted octanol–water partition coefficient (Wildman–Crippen LogP) is 0.420. The summed E-state index contributed by atoms with van der Waals surface area (Å²) in [6.07, 6.45) is -0.318. The lowest BCUT2D eigenvalue weighted by atomic mass is 10.1. The van der Waals surface area contributed by atoms with Crippen LogP contribution < -0.4 is 14.6 Å². The number of carbonyl (C=O) groups excluding carboxylic acids is 2. The molecule has 6 heteroatoms. The average molecular weight is 279 g/mol. The van der Waals surface area contributed by atoms with E-state index in [4.69, 9.17) is 14.2 Å². The van der Waals surface area contributed by atoms with Gasteiger partial charge in [-0.25, -0.2) is 0 Å². The zero-order valence-corrected chi connectivity index (χ0v) is 11.1. The van der Waals surface area contributed by atoms with Crippen LogP contribution in [0.3, 0.4) is 0 Å². The van der Waals surface area contributed by atoms with Crippen LogP contribution in [0.15, 0.2) is 18.2 Å². The zero-order valence-electron chi connectivity index (χ0n) is 11.1. The molecule has 0 radical (unpaired) electrons. The fourth-order valence-corrected chi connectivity index (χ4v) is 1.93. The number of carbonyl (C=O) groups is 2. The molecule has 1 aromatic rings. The summed E-state index contributed by atoms with van der Waals surface area (Å²) in [5, 5.41) is 10.2. The van der Waals surface area contributed by atoms with E-state index in [0.29, 0.717) is 17.9 Å². The fourth-order valence-electron chi connectivity index (χ4n) is 1.93. The van der Waals surface area contributed by atoms with Crippen molar-refractivity contribution in [1.82, 2.24) is 0 Å². The number of esters is 1. The van der Waals surface area contributed by atoms with Crippen molar-refractivity contribution >= 4 is 11.9 Å². The second kappa shape index (κ2) is 6.27. The summed E-state index contributed by atoms with van der Waals surface area (Å²) >= 11 is 0. The first-order valence-electron chi connectivity index (χ1n) is 6.32. The van der Waals surface area contributed by atoms with Crippen LogP contribution in [0, 0.1) is 0 Å². The molecule has 2 rings (SSSR count). The Hall–Kier alpha value is -2.24. The van der Waals surface area contributed by atoms with Crippen molar-refractivity contribution < 1.29 is 28.9 Å². The second-order valence-electron chi connectivity index (χ2n) is 4.56. The molecule has 1 aliphatic rings. The van der Waals surface area contributed by atoms with Crippen LogP contribution in [0.4, 0.5) is 0 Å². The molecule has 0 fully saturated rings. The minimum absolute atomic E-state index is 0.173. The van der Waals surface area contributed by atoms with Crippen LogP contribution in [0.25, 0.3) is 0 Å². The molecular formula is C14H15O6-. The van der Waals surface area contributed by atoms with Crippen molar-refractivity contribution in [3.05, 3.63) is 23.8 Å². The van der Waals surface area contributed by atoms with E-state index in [1.54, 1.807) is 6.92 Å². The molecule has 0 bridgehead atoms. The normalized spacial score (nSPS) is 13.8. The molecule has 0 spiro atoms. The molecule has 1 aromatic carbocycles. The van der Waals surface area contributed by atoms with Crippen molar-refractivity contribution in [3.63, 3.8) is 0 Å². The van der Waals surface area contributed by atoms with Gasteiger partial charge in [-0.2, -0.15) is 0 Å². The summed E-state index contributed by atoms with van der Waals surface area (Å²) in [6.45, 7) is 1.97. The highest BCUT2D eigenvalue weighted by Gasteiger charge is 2.15. The smallest absolute Gasteiger partial charge is 0.306 e. The van der Waals surface area contributed by atoms with Gasteiger partial charge in [0.2, 0.25) is 6.79 Å². The van der Waals surface area contributed by atoms with Crippen LogP contribution in [0.5, 0.6) is 11.5 Å². The lowest BCUT2D eigenvalue weighted by molar-refractivity contribution is -0.305. The molecule has 1 unspecified atom stereocenters. The summed E-state index contributed by atoms with van der Waals surface area (Å²) in [4.78, 5) is 21.6. The van der Waals surface area contributed by atoms with Gasteiger partial charge in [0.15, 0.2) is 11.5 Å². The Bertz CT molecular complexity index is 510. The lowest BCUT2D eigenvalue weighted by Crippen LogP contribution is -2.24. The summed E-state index contributed by atoms with van der Waals surface area (Å²) in [5.41, 5.74) is 0.953. The molecule has 1 aliphatic heterocycles. The summed E-state index contributed by atoms with van der Waals surface area (Å²) in [7, 11) is 0. The van der Waals surface area contributed by atoms with Gasteiger partial charge in [0.05, 0.1) is 6.42 Å². The van der Waals surface area contributed by atoms with Gasteiger partial charge in [-0.3, -0.25) is 4.79 Å². The average Bonchev–Trinajstić information content (AvgIpc) is 2.83. The number of hydrogen-bond donors (Lipinski definition) is 0. The van der Waals surface area contributed by atoms with Crippen molar-refractivity contribution in [3.8, 4) is 11.5 Å². The number of aliphatic carboxylic acids is 1. The van der Waals surface area contributed by atoms with E-state index in [-0.39, 0.29) is 25.7 Å². The summed E-state index contributed by atoms with van der Waals surface area (Å²) < 4.78 is 15.6. The van der Waals surface area contributed by atoms with E-state index in [2.05, 4.69) is 0 Å². The summed E-state index contributed by atoms with van der Waals surface area (Å²) in [6, 6.07) is 5.52. The molecule has 20 heavy (non-hydrogen) atoms. The van der Waals surface area contributed by atoms with Gasteiger partial charge in [-0.1, -0.05) is 6.07 Å². The third-order valence-electron chi connectivity index (χ3n) is 2.83. The lowest BCUT2D eigenvalue weighted by Gasteiger charge is -2.13. The molecule has 1 heterocycles. The molecule has 0 saturated carbocycles. The number of carboxylic acids is 1. The maximum Gasteiger partial charge on any atom is 0.306 e. The van der Waals surface area contributed by atoms with Crippen molar-refractivity contribution in [2.75, 3.05) is 6.79 Å². The van der Waals surface area contributed by atoms with Gasteiger partial charge in [-0.15, -0.1) is 0 Å². The van der Waals surface area contributed by atoms with Gasteiger partial charge in [0.25, 0.3) is 0 Å². The van der Waals surface area contributed by atoms with E-state index in [1.807, 2.05) is 18.2 Å². The zero-order chi connectivity index (χ0) is 14.5. The topological polar surface area (TPSA) is 84.9 Å². The van der Waals surface area contributed by atoms with E-state index in [9.17, 15) is 14.7 Å². The largest absolute Gasteiger partial charge is 0.550 e. The first-order chi connectivity index (χ1) is 9.54. The monoisotopic (exact) mass is 279 g/mol. The van der Waals surface area contributed by atoms with Crippen LogP contribution in [-0.2, 0) is 20.7 Å². The molecule has 0 saturated heterocycles. The Morgan fingerprint density at radius 3 is 2.80 bits per heavy atom. The quantitative estimate of drug-likeness (QED) is 0.702. The fraction of sp³-hybridized carbons (Fsp3) is 0.429. The molecule has 1 atom stereocenters. The van der Waals surface area contributed by atoms with Gasteiger partial charge in [0.1, 0.15) is 6.10 Å². The van der Waals surface area contributed by atoms with E-state index < -0.39 is 11.9 Å². The van der Waals surface area contributed by atoms with Crippen molar-refractivity contribution in [2.45, 2.75) is 32.3 Å². The highest BCUT2D eigenvalue weighted by molar-refractivity contribution is 5.75. The SMILES string of the molecule is CC(Cc1ccc2c(c1)OCO2)OC(=O)CCC(=O)[O-]. The Morgan fingerprint density at radius 1 is 1.30 bits per heavy atom. The van der Waals surface area contributed by atoms with Crippen molar-refractivity contribution in [1.29, 1.82) is 0 Å². The van der Waals surface area contributed by atoms with Gasteiger partial charge in [-0.05, 0) is 31.0 Å². The Labute approximate surface area is 116 Å². The standard InChI is InChI=1S/C14H16O6/c1-9(20-14(17)5-4-13(15)16)6-10-2-3-11-12(7-10)19-8-18-11/h2-3,7,9H,4-6,8H2,1H3,(H,15,16)/p-1. The third kappa shape index (κ3) is 3.88. The van der Waals surface area contributed by atoms with E-state index in [0.717, 1.165) is 5.56 Å². The summed E-state index contributed by atoms with van der Waals surface area (Å²) in [5.74, 6) is -0.418. The third-order valence-corrected chi connectivity index (χ3v) is 2.83. The number of rotatable bonds is 6. The van der Waals surface area contributed by atoms with Crippen LogP contribution in [-0.4, -0.2) is 24.8 Å². The molecule has 0 amide bonds. The Balaban J connectivity index is 1.83. The number of carboxylic acid groups (broad SMARTS) is 1. The molecule has 0 aromatic heterocycles. The Morgan fingerprint density at radius 2 is 2.05 bits per heavy atom. The second-order valence-corrected chi connectivity index (χ2v) is 4.56. The van der Waals surface area contributed by atoms with E-state index >= 15 is 0 Å². The minimum Gasteiger partial charge on any atom is -0.550 e. The number of ether oxygens (including phenoxy) is 3. The number of hydrogen-bond acceptors (Lipinski definition) is 6. The highest BCUT2D eigenvalue weighted by atomic mass is 16.7. The van der Waals surface area contributed by atoms with Crippen LogP contribution in [0.1, 0.15) is 25.3 Å². The molecule has 108 valence electrons. The van der Waals surface area contributed by atoms with E-state index in [1.165, 1.54) is 0 Å². The predicted molar refractivity (Wildman–Crippen MR) is 66.1 cm³/mol. The van der Waals surface area contributed by atoms with Crippen LogP contribution >= 0.6 is 0 Å². The molecule has 0 aliphatic carbocycles. The first kappa shape index (κ1) is 14.2. The minimum atomic E-state index is -1.26. The van der Waals surface area contributed by atoms with Gasteiger partial charge >= 0.3 is 5.97 Å². The van der Waals surface area contributed by atoms with Gasteiger partial charge in [0, 0.05) is 12.4 Å². The Kier molecular flexibility index (Phi) is 4.45. The highest BCUT2D eigenvalue weighted by Crippen LogP contribution is 2.32. The first-order valence-corrected chi connectivity index (χ1v) is 6.32.